The Morgan fingerprint density at radius 1 is 0.971 bits per heavy atom. The Balaban J connectivity index is 1.19. The van der Waals surface area contributed by atoms with E-state index in [-0.39, 0.29) is 40.8 Å². The van der Waals surface area contributed by atoms with Crippen molar-refractivity contribution in [3.8, 4) is 0 Å². The van der Waals surface area contributed by atoms with Gasteiger partial charge < -0.3 is 14.7 Å². The first kappa shape index (κ1) is 22.9. The van der Waals surface area contributed by atoms with E-state index in [1.165, 1.54) is 0 Å². The van der Waals surface area contributed by atoms with E-state index >= 15 is 0 Å². The first-order chi connectivity index (χ1) is 16.3. The van der Waals surface area contributed by atoms with Crippen LogP contribution in [0.2, 0.25) is 0 Å². The van der Waals surface area contributed by atoms with Gasteiger partial charge in [0.25, 0.3) is 0 Å². The van der Waals surface area contributed by atoms with Crippen molar-refractivity contribution >= 4 is 33.0 Å². The molecule has 1 saturated heterocycles. The minimum absolute atomic E-state index is 0.0204. The van der Waals surface area contributed by atoms with Gasteiger partial charge in [-0.15, -0.1) is 0 Å². The maximum Gasteiger partial charge on any atom is 0.230 e. The number of anilines is 2. The van der Waals surface area contributed by atoms with E-state index in [0.29, 0.717) is 19.5 Å². The first-order valence-electron chi connectivity index (χ1n) is 12.1. The van der Waals surface area contributed by atoms with E-state index in [0.717, 1.165) is 42.9 Å². The van der Waals surface area contributed by atoms with Crippen LogP contribution in [0.1, 0.15) is 31.7 Å². The molecule has 1 saturated carbocycles. The molecule has 0 unspecified atom stereocenters. The van der Waals surface area contributed by atoms with Gasteiger partial charge in [0.2, 0.25) is 11.8 Å². The second kappa shape index (κ2) is 9.06. The average Bonchev–Trinajstić information content (AvgIpc) is 3.65. The fraction of sp³-hybridized carbons (Fsp3) is 0.462. The highest BCUT2D eigenvalue weighted by molar-refractivity contribution is 7.91. The van der Waals surface area contributed by atoms with E-state index in [9.17, 15) is 18.0 Å². The SMILES string of the molecule is C[C@@H]1Cc2cc(S(=O)(=O)CCC(=O)N3CCN(c4ccccc4)CC3)ccc2N1C(=O)C1CC1. The number of fused-ring (bicyclic) bond motifs is 1. The van der Waals surface area contributed by atoms with Crippen LogP contribution < -0.4 is 9.80 Å². The van der Waals surface area contributed by atoms with Crippen LogP contribution in [0.25, 0.3) is 0 Å². The van der Waals surface area contributed by atoms with Crippen LogP contribution in [0.15, 0.2) is 53.4 Å². The van der Waals surface area contributed by atoms with Crippen LogP contribution in [0.3, 0.4) is 0 Å². The van der Waals surface area contributed by atoms with Gasteiger partial charge in [0.15, 0.2) is 9.84 Å². The van der Waals surface area contributed by atoms with Crippen LogP contribution in [-0.2, 0) is 25.8 Å². The molecular formula is C26H31N3O4S. The van der Waals surface area contributed by atoms with Crippen molar-refractivity contribution in [3.05, 3.63) is 54.1 Å². The molecule has 0 aromatic heterocycles. The Hall–Kier alpha value is -2.87. The molecule has 0 radical (unpaired) electrons. The van der Waals surface area contributed by atoms with E-state index in [1.807, 2.05) is 30.0 Å². The number of amides is 2. The molecule has 3 aliphatic rings. The monoisotopic (exact) mass is 481 g/mol. The zero-order valence-corrected chi connectivity index (χ0v) is 20.3. The summed E-state index contributed by atoms with van der Waals surface area (Å²) in [5, 5.41) is 0. The molecule has 2 heterocycles. The maximum absolute atomic E-state index is 13.0. The first-order valence-corrected chi connectivity index (χ1v) is 13.8. The third-order valence-corrected chi connectivity index (χ3v) is 8.84. The smallest absolute Gasteiger partial charge is 0.230 e. The Morgan fingerprint density at radius 3 is 2.35 bits per heavy atom. The number of hydrogen-bond donors (Lipinski definition) is 0. The van der Waals surface area contributed by atoms with E-state index < -0.39 is 9.84 Å². The molecule has 2 aromatic rings. The zero-order valence-electron chi connectivity index (χ0n) is 19.5. The summed E-state index contributed by atoms with van der Waals surface area (Å²) in [4.78, 5) is 31.5. The average molecular weight is 482 g/mol. The normalized spacial score (nSPS) is 20.4. The predicted octanol–water partition coefficient (Wildman–Crippen LogP) is 2.89. The topological polar surface area (TPSA) is 78.0 Å². The van der Waals surface area contributed by atoms with Gasteiger partial charge in [0.1, 0.15) is 0 Å². The molecule has 0 bridgehead atoms. The van der Waals surface area contributed by atoms with Gasteiger partial charge in [-0.2, -0.15) is 0 Å². The molecule has 2 amide bonds. The largest absolute Gasteiger partial charge is 0.368 e. The van der Waals surface area contributed by atoms with Gasteiger partial charge in [-0.05, 0) is 62.1 Å². The van der Waals surface area contributed by atoms with Crippen LogP contribution in [0.4, 0.5) is 11.4 Å². The molecule has 8 heteroatoms. The van der Waals surface area contributed by atoms with Crippen molar-refractivity contribution in [2.24, 2.45) is 5.92 Å². The van der Waals surface area contributed by atoms with Crippen LogP contribution in [-0.4, -0.2) is 63.1 Å². The van der Waals surface area contributed by atoms with Gasteiger partial charge in [0.05, 0.1) is 10.6 Å². The number of rotatable bonds is 6. The Bertz CT molecular complexity index is 1190. The minimum atomic E-state index is -3.59. The van der Waals surface area contributed by atoms with Crippen LogP contribution in [0, 0.1) is 5.92 Å². The van der Waals surface area contributed by atoms with E-state index in [2.05, 4.69) is 17.0 Å². The lowest BCUT2D eigenvalue weighted by atomic mass is 10.1. The summed E-state index contributed by atoms with van der Waals surface area (Å²) < 4.78 is 26.0. The summed E-state index contributed by atoms with van der Waals surface area (Å²) >= 11 is 0. The molecule has 1 atom stereocenters. The summed E-state index contributed by atoms with van der Waals surface area (Å²) in [5.74, 6) is -0.0477. The van der Waals surface area contributed by atoms with Gasteiger partial charge in [-0.25, -0.2) is 8.42 Å². The van der Waals surface area contributed by atoms with E-state index in [1.54, 1.807) is 23.1 Å². The number of para-hydroxylation sites is 1. The molecule has 180 valence electrons. The van der Waals surface area contributed by atoms with Crippen LogP contribution in [0.5, 0.6) is 0 Å². The highest BCUT2D eigenvalue weighted by Gasteiger charge is 2.39. The Labute approximate surface area is 201 Å². The second-order valence-electron chi connectivity index (χ2n) is 9.60. The van der Waals surface area contributed by atoms with Crippen molar-refractivity contribution in [1.82, 2.24) is 4.90 Å². The van der Waals surface area contributed by atoms with Gasteiger partial charge >= 0.3 is 0 Å². The summed E-state index contributed by atoms with van der Waals surface area (Å²) in [6.45, 7) is 4.67. The molecule has 1 aliphatic carbocycles. The highest BCUT2D eigenvalue weighted by atomic mass is 32.2. The van der Waals surface area contributed by atoms with E-state index in [4.69, 9.17) is 0 Å². The van der Waals surface area contributed by atoms with Crippen molar-refractivity contribution in [1.29, 1.82) is 0 Å². The van der Waals surface area contributed by atoms with Crippen molar-refractivity contribution in [2.75, 3.05) is 41.7 Å². The number of sulfone groups is 1. The van der Waals surface area contributed by atoms with Gasteiger partial charge in [-0.3, -0.25) is 9.59 Å². The summed E-state index contributed by atoms with van der Waals surface area (Å²) in [7, 11) is -3.59. The standard InChI is InChI=1S/C26H31N3O4S/c1-19-17-21-18-23(9-10-24(21)29(19)26(31)20-7-8-20)34(32,33)16-11-25(30)28-14-12-27(13-15-28)22-5-3-2-4-6-22/h2-6,9-10,18-20H,7-8,11-17H2,1H3/t19-/m1/s1. The molecule has 7 nitrogen and oxygen atoms in total. The summed E-state index contributed by atoms with van der Waals surface area (Å²) in [5.41, 5.74) is 2.86. The molecule has 5 rings (SSSR count). The number of carbonyl (C=O) groups is 2. The molecule has 2 aromatic carbocycles. The number of piperazine rings is 1. The third-order valence-electron chi connectivity index (χ3n) is 7.13. The van der Waals surface area contributed by atoms with Crippen LogP contribution >= 0.6 is 0 Å². The fourth-order valence-corrected chi connectivity index (χ4v) is 6.29. The second-order valence-corrected chi connectivity index (χ2v) is 11.7. The highest BCUT2D eigenvalue weighted by Crippen LogP contribution is 2.39. The number of benzene rings is 2. The fourth-order valence-electron chi connectivity index (χ4n) is 5.01. The van der Waals surface area contributed by atoms with Crippen molar-refractivity contribution in [2.45, 2.75) is 43.5 Å². The molecule has 0 N–H and O–H groups in total. The predicted molar refractivity (Wildman–Crippen MR) is 132 cm³/mol. The number of carbonyl (C=O) groups excluding carboxylic acids is 2. The van der Waals surface area contributed by atoms with Gasteiger partial charge in [0, 0.05) is 55.9 Å². The Morgan fingerprint density at radius 2 is 1.68 bits per heavy atom. The lowest BCUT2D eigenvalue weighted by molar-refractivity contribution is -0.131. The quantitative estimate of drug-likeness (QED) is 0.634. The van der Waals surface area contributed by atoms with Crippen molar-refractivity contribution in [3.63, 3.8) is 0 Å². The zero-order chi connectivity index (χ0) is 23.9. The molecule has 0 spiro atoms. The minimum Gasteiger partial charge on any atom is -0.368 e. The number of nitrogens with zero attached hydrogens (tertiary/aromatic N) is 3. The lowest BCUT2D eigenvalue weighted by Gasteiger charge is -2.36. The molecule has 2 aliphatic heterocycles. The third kappa shape index (κ3) is 4.56. The molecule has 2 fully saturated rings. The summed E-state index contributed by atoms with van der Waals surface area (Å²) in [6, 6.07) is 15.2. The molecule has 34 heavy (non-hydrogen) atoms. The number of hydrogen-bond acceptors (Lipinski definition) is 5. The van der Waals surface area contributed by atoms with Crippen molar-refractivity contribution < 1.29 is 18.0 Å². The lowest BCUT2D eigenvalue weighted by Crippen LogP contribution is -2.49. The Kier molecular flexibility index (Phi) is 6.10. The maximum atomic E-state index is 13.0. The molecular weight excluding hydrogens is 450 g/mol. The summed E-state index contributed by atoms with van der Waals surface area (Å²) in [6.07, 6.45) is 2.52. The van der Waals surface area contributed by atoms with Gasteiger partial charge in [-0.1, -0.05) is 18.2 Å².